The lowest BCUT2D eigenvalue weighted by molar-refractivity contribution is -0.138. The lowest BCUT2D eigenvalue weighted by Gasteiger charge is -2.35. The predicted molar refractivity (Wildman–Crippen MR) is 110 cm³/mol. The number of carbonyl (C=O) groups is 1. The summed E-state index contributed by atoms with van der Waals surface area (Å²) in [5, 5.41) is 3.36. The van der Waals surface area contributed by atoms with Crippen molar-refractivity contribution in [3.63, 3.8) is 0 Å². The van der Waals surface area contributed by atoms with Gasteiger partial charge in [0.15, 0.2) is 0 Å². The molecule has 1 unspecified atom stereocenters. The maximum absolute atomic E-state index is 12.9. The fraction of sp³-hybridized carbons (Fsp3) is 0.650. The topological polar surface area (TPSA) is 35.6 Å². The highest BCUT2D eigenvalue weighted by Crippen LogP contribution is 2.59. The number of carbonyl (C=O) groups excluding carboxylic acids is 1. The standard InChI is InChI=1S/C20H26F3N3O.2ClH/c21-20(22,23)16-3-1-2-15(12-16)14-25-8-10-26(11-9-25)18(27)17-13-19(17)4-6-24-7-5-19;;/h1-3,12,17,24H,4-11,13-14H2;2*1H. The van der Waals surface area contributed by atoms with Crippen molar-refractivity contribution in [2.45, 2.75) is 32.0 Å². The Kier molecular flexibility index (Phi) is 7.87. The largest absolute Gasteiger partial charge is 0.416 e. The molecule has 2 saturated heterocycles. The molecule has 2 aliphatic heterocycles. The third-order valence-corrected chi connectivity index (χ3v) is 6.43. The highest BCUT2D eigenvalue weighted by atomic mass is 35.5. The van der Waals surface area contributed by atoms with Gasteiger partial charge in [-0.1, -0.05) is 18.2 Å². The number of rotatable bonds is 3. The first-order valence-corrected chi connectivity index (χ1v) is 9.75. The lowest BCUT2D eigenvalue weighted by atomic mass is 9.91. The molecule has 164 valence electrons. The van der Waals surface area contributed by atoms with Crippen LogP contribution in [0.15, 0.2) is 24.3 Å². The Balaban J connectivity index is 0.00000150. The van der Waals surface area contributed by atoms with E-state index < -0.39 is 11.7 Å². The zero-order chi connectivity index (χ0) is 19.1. The molecule has 0 bridgehead atoms. The number of piperazine rings is 1. The van der Waals surface area contributed by atoms with Crippen molar-refractivity contribution >= 4 is 30.7 Å². The average molecular weight is 454 g/mol. The smallest absolute Gasteiger partial charge is 0.340 e. The summed E-state index contributed by atoms with van der Waals surface area (Å²) >= 11 is 0. The molecule has 1 spiro atoms. The molecular formula is C20H28Cl2F3N3O. The molecule has 9 heteroatoms. The van der Waals surface area contributed by atoms with E-state index >= 15 is 0 Å². The minimum atomic E-state index is -4.31. The van der Waals surface area contributed by atoms with Gasteiger partial charge in [0.05, 0.1) is 5.56 Å². The van der Waals surface area contributed by atoms with Crippen LogP contribution in [0.25, 0.3) is 0 Å². The number of halogens is 5. The quantitative estimate of drug-likeness (QED) is 0.759. The van der Waals surface area contributed by atoms with Gasteiger partial charge in [0.2, 0.25) is 5.91 Å². The second-order valence-electron chi connectivity index (χ2n) is 8.17. The van der Waals surface area contributed by atoms with Gasteiger partial charge < -0.3 is 10.2 Å². The highest BCUT2D eigenvalue weighted by Gasteiger charge is 2.58. The molecule has 1 aliphatic carbocycles. The fourth-order valence-electron chi connectivity index (χ4n) is 4.63. The van der Waals surface area contributed by atoms with Gasteiger partial charge in [-0.25, -0.2) is 0 Å². The van der Waals surface area contributed by atoms with E-state index in [0.717, 1.165) is 38.4 Å². The summed E-state index contributed by atoms with van der Waals surface area (Å²) in [5.74, 6) is 0.477. The van der Waals surface area contributed by atoms with Gasteiger partial charge in [0.1, 0.15) is 0 Å². The van der Waals surface area contributed by atoms with Crippen LogP contribution in [-0.2, 0) is 17.5 Å². The van der Waals surface area contributed by atoms with Gasteiger partial charge in [-0.15, -0.1) is 24.8 Å². The summed E-state index contributed by atoms with van der Waals surface area (Å²) in [6.45, 7) is 5.27. The summed E-state index contributed by atoms with van der Waals surface area (Å²) in [5.41, 5.74) is 0.313. The Labute approximate surface area is 182 Å². The average Bonchev–Trinajstić information content (AvgIpc) is 3.34. The maximum atomic E-state index is 12.9. The highest BCUT2D eigenvalue weighted by molar-refractivity contribution is 5.85. The number of hydrogen-bond donors (Lipinski definition) is 1. The van der Waals surface area contributed by atoms with Crippen molar-refractivity contribution in [2.24, 2.45) is 11.3 Å². The second kappa shape index (κ2) is 9.41. The van der Waals surface area contributed by atoms with Gasteiger partial charge in [-0.3, -0.25) is 9.69 Å². The van der Waals surface area contributed by atoms with Gasteiger partial charge in [0.25, 0.3) is 0 Å². The molecule has 4 nitrogen and oxygen atoms in total. The first-order valence-electron chi connectivity index (χ1n) is 9.75. The SMILES string of the molecule is Cl.Cl.O=C(C1CC12CCNCC2)N1CCN(Cc2cccc(C(F)(F)F)c2)CC1. The van der Waals surface area contributed by atoms with Crippen LogP contribution in [0, 0.1) is 11.3 Å². The van der Waals surface area contributed by atoms with Gasteiger partial charge in [-0.05, 0) is 49.4 Å². The summed E-state index contributed by atoms with van der Waals surface area (Å²) in [6.07, 6.45) is -1.09. The van der Waals surface area contributed by atoms with Crippen LogP contribution in [0.1, 0.15) is 30.4 Å². The van der Waals surface area contributed by atoms with Gasteiger partial charge >= 0.3 is 6.18 Å². The Morgan fingerprint density at radius 3 is 2.38 bits per heavy atom. The zero-order valence-electron chi connectivity index (χ0n) is 16.2. The van der Waals surface area contributed by atoms with Crippen molar-refractivity contribution in [3.8, 4) is 0 Å². The molecule has 3 fully saturated rings. The van der Waals surface area contributed by atoms with Gasteiger partial charge in [0, 0.05) is 38.6 Å². The minimum absolute atomic E-state index is 0. The van der Waals surface area contributed by atoms with Crippen LogP contribution in [-0.4, -0.2) is 55.0 Å². The van der Waals surface area contributed by atoms with Crippen LogP contribution < -0.4 is 5.32 Å². The zero-order valence-corrected chi connectivity index (χ0v) is 17.8. The van der Waals surface area contributed by atoms with E-state index in [9.17, 15) is 18.0 Å². The van der Waals surface area contributed by atoms with Crippen LogP contribution >= 0.6 is 24.8 Å². The lowest BCUT2D eigenvalue weighted by Crippen LogP contribution is -2.49. The third kappa shape index (κ3) is 5.37. The van der Waals surface area contributed by atoms with Crippen LogP contribution in [0.3, 0.4) is 0 Å². The fourth-order valence-corrected chi connectivity index (χ4v) is 4.63. The number of nitrogens with zero attached hydrogens (tertiary/aromatic N) is 2. The minimum Gasteiger partial charge on any atom is -0.340 e. The molecule has 1 amide bonds. The number of benzene rings is 1. The molecule has 1 aromatic rings. The molecule has 0 radical (unpaired) electrons. The summed E-state index contributed by atoms with van der Waals surface area (Å²) in [6, 6.07) is 5.52. The first kappa shape index (κ1) is 24.3. The van der Waals surface area contributed by atoms with Crippen molar-refractivity contribution in [3.05, 3.63) is 35.4 Å². The third-order valence-electron chi connectivity index (χ3n) is 6.43. The maximum Gasteiger partial charge on any atom is 0.416 e. The van der Waals surface area contributed by atoms with Crippen LogP contribution in [0.5, 0.6) is 0 Å². The van der Waals surface area contributed by atoms with E-state index in [4.69, 9.17) is 0 Å². The Morgan fingerprint density at radius 2 is 1.76 bits per heavy atom. The summed E-state index contributed by atoms with van der Waals surface area (Å²) in [4.78, 5) is 16.9. The normalized spacial score (nSPS) is 23.8. The molecule has 3 aliphatic rings. The van der Waals surface area contributed by atoms with E-state index in [1.165, 1.54) is 12.1 Å². The van der Waals surface area contributed by atoms with E-state index in [2.05, 4.69) is 10.2 Å². The number of alkyl halides is 3. The summed E-state index contributed by atoms with van der Waals surface area (Å²) in [7, 11) is 0. The van der Waals surface area contributed by atoms with Crippen molar-refractivity contribution in [2.75, 3.05) is 39.3 Å². The van der Waals surface area contributed by atoms with Crippen LogP contribution in [0.2, 0.25) is 0 Å². The first-order chi connectivity index (χ1) is 12.9. The molecule has 1 atom stereocenters. The van der Waals surface area contributed by atoms with Crippen LogP contribution in [0.4, 0.5) is 13.2 Å². The van der Waals surface area contributed by atoms with Crippen molar-refractivity contribution < 1.29 is 18.0 Å². The molecule has 1 aromatic carbocycles. The Morgan fingerprint density at radius 1 is 1.10 bits per heavy atom. The number of hydrogen-bond acceptors (Lipinski definition) is 3. The monoisotopic (exact) mass is 453 g/mol. The number of piperidine rings is 1. The Bertz CT molecular complexity index is 702. The summed E-state index contributed by atoms with van der Waals surface area (Å²) < 4.78 is 38.6. The second-order valence-corrected chi connectivity index (χ2v) is 8.17. The van der Waals surface area contributed by atoms with Gasteiger partial charge in [-0.2, -0.15) is 13.2 Å². The molecule has 2 heterocycles. The molecule has 29 heavy (non-hydrogen) atoms. The van der Waals surface area contributed by atoms with Crippen molar-refractivity contribution in [1.29, 1.82) is 0 Å². The van der Waals surface area contributed by atoms with E-state index in [0.29, 0.717) is 38.3 Å². The molecule has 4 rings (SSSR count). The number of amides is 1. The number of nitrogens with one attached hydrogen (secondary N) is 1. The predicted octanol–water partition coefficient (Wildman–Crippen LogP) is 3.58. The molecule has 0 aromatic heterocycles. The van der Waals surface area contributed by atoms with E-state index in [1.807, 2.05) is 4.90 Å². The molecular weight excluding hydrogens is 426 g/mol. The van der Waals surface area contributed by atoms with E-state index in [-0.39, 0.29) is 42.1 Å². The Hall–Kier alpha value is -1.02. The van der Waals surface area contributed by atoms with E-state index in [1.54, 1.807) is 6.07 Å². The van der Waals surface area contributed by atoms with Crippen molar-refractivity contribution in [1.82, 2.24) is 15.1 Å². The molecule has 1 saturated carbocycles. The molecule has 1 N–H and O–H groups in total.